The third-order valence-electron chi connectivity index (χ3n) is 6.10. The topological polar surface area (TPSA) is 60.9 Å². The second kappa shape index (κ2) is 7.63. The molecule has 1 N–H and O–H groups in total. The van der Waals surface area contributed by atoms with Gasteiger partial charge in [-0.15, -0.1) is 0 Å². The second-order valence-electron chi connectivity index (χ2n) is 9.23. The van der Waals surface area contributed by atoms with E-state index in [4.69, 9.17) is 0 Å². The van der Waals surface area contributed by atoms with Crippen molar-refractivity contribution in [1.29, 1.82) is 0 Å². The van der Waals surface area contributed by atoms with Crippen molar-refractivity contribution < 1.29 is 14.7 Å². The van der Waals surface area contributed by atoms with E-state index in [0.29, 0.717) is 19.6 Å². The minimum atomic E-state index is -0.754. The zero-order chi connectivity index (χ0) is 19.8. The molecule has 2 fully saturated rings. The molecular weight excluding hydrogens is 340 g/mol. The Morgan fingerprint density at radius 2 is 1.81 bits per heavy atom. The van der Waals surface area contributed by atoms with Crippen LogP contribution in [0, 0.1) is 11.8 Å². The van der Waals surface area contributed by atoms with Gasteiger partial charge >= 0.3 is 5.97 Å². The fourth-order valence-corrected chi connectivity index (χ4v) is 4.42. The molecule has 27 heavy (non-hydrogen) atoms. The van der Waals surface area contributed by atoms with Gasteiger partial charge in [-0.2, -0.15) is 0 Å². The van der Waals surface area contributed by atoms with E-state index in [2.05, 4.69) is 45.0 Å². The van der Waals surface area contributed by atoms with E-state index in [1.807, 2.05) is 16.7 Å². The number of carbonyl (C=O) groups excluding carboxylic acids is 1. The molecular formula is C22H32N2O3. The Hall–Kier alpha value is -1.88. The molecule has 2 heterocycles. The summed E-state index contributed by atoms with van der Waals surface area (Å²) in [6, 6.07) is 8.82. The Bertz CT molecular complexity index is 693. The van der Waals surface area contributed by atoms with Gasteiger partial charge in [-0.05, 0) is 35.3 Å². The van der Waals surface area contributed by atoms with Gasteiger partial charge in [-0.25, -0.2) is 0 Å². The molecule has 1 aromatic carbocycles. The van der Waals surface area contributed by atoms with Gasteiger partial charge in [0.15, 0.2) is 0 Å². The molecule has 5 nitrogen and oxygen atoms in total. The highest BCUT2D eigenvalue weighted by Gasteiger charge is 2.37. The summed E-state index contributed by atoms with van der Waals surface area (Å²) in [5.74, 6) is -0.905. The lowest BCUT2D eigenvalue weighted by Gasteiger charge is -2.28. The summed E-state index contributed by atoms with van der Waals surface area (Å²) < 4.78 is 0. The van der Waals surface area contributed by atoms with E-state index < -0.39 is 5.97 Å². The van der Waals surface area contributed by atoms with Gasteiger partial charge in [-0.1, -0.05) is 52.0 Å². The predicted octanol–water partition coefficient (Wildman–Crippen LogP) is 3.30. The zero-order valence-corrected chi connectivity index (χ0v) is 16.9. The standard InChI is InChI=1S/C22H32N2O3/c1-15-12-23(13-18(15)21(26)27)14-20(25)24-11-5-6-19(24)16-7-9-17(10-8-16)22(2,3)4/h7-10,15,18-19H,5-6,11-14H2,1-4H3,(H,26,27)/t15-,18-,19?/m1/s1. The van der Waals surface area contributed by atoms with Gasteiger partial charge in [0, 0.05) is 19.6 Å². The van der Waals surface area contributed by atoms with Gasteiger partial charge in [-0.3, -0.25) is 14.5 Å². The lowest BCUT2D eigenvalue weighted by Crippen LogP contribution is -2.39. The number of benzene rings is 1. The molecule has 0 bridgehead atoms. The number of nitrogens with zero attached hydrogens (tertiary/aromatic N) is 2. The van der Waals surface area contributed by atoms with Crippen molar-refractivity contribution in [3.05, 3.63) is 35.4 Å². The number of carboxylic acids is 1. The highest BCUT2D eigenvalue weighted by Crippen LogP contribution is 2.34. The van der Waals surface area contributed by atoms with E-state index in [1.165, 1.54) is 11.1 Å². The molecule has 2 aliphatic heterocycles. The van der Waals surface area contributed by atoms with Gasteiger partial charge in [0.05, 0.1) is 18.5 Å². The Morgan fingerprint density at radius 3 is 2.37 bits per heavy atom. The second-order valence-corrected chi connectivity index (χ2v) is 9.23. The molecule has 0 radical (unpaired) electrons. The van der Waals surface area contributed by atoms with Crippen LogP contribution in [0.25, 0.3) is 0 Å². The van der Waals surface area contributed by atoms with Crippen molar-refractivity contribution in [2.24, 2.45) is 11.8 Å². The van der Waals surface area contributed by atoms with Crippen LogP contribution in [-0.4, -0.2) is 53.0 Å². The summed E-state index contributed by atoms with van der Waals surface area (Å²) in [6.45, 7) is 10.8. The third kappa shape index (κ3) is 4.34. The third-order valence-corrected chi connectivity index (χ3v) is 6.10. The number of carboxylic acid groups (broad SMARTS) is 1. The number of hydrogen-bond acceptors (Lipinski definition) is 3. The van der Waals surface area contributed by atoms with Crippen LogP contribution in [0.15, 0.2) is 24.3 Å². The van der Waals surface area contributed by atoms with Gasteiger partial charge in [0.1, 0.15) is 0 Å². The van der Waals surface area contributed by atoms with Crippen molar-refractivity contribution in [1.82, 2.24) is 9.80 Å². The molecule has 0 aliphatic carbocycles. The first kappa shape index (κ1) is 19.9. The zero-order valence-electron chi connectivity index (χ0n) is 16.9. The minimum absolute atomic E-state index is 0.0922. The SMILES string of the molecule is C[C@@H]1CN(CC(=O)N2CCCC2c2ccc(C(C)(C)C)cc2)C[C@H]1C(=O)O. The molecule has 0 spiro atoms. The van der Waals surface area contributed by atoms with Crippen LogP contribution >= 0.6 is 0 Å². The maximum absolute atomic E-state index is 12.9. The average Bonchev–Trinajstić information content (AvgIpc) is 3.21. The maximum Gasteiger partial charge on any atom is 0.308 e. The normalized spacial score (nSPS) is 26.5. The van der Waals surface area contributed by atoms with Gasteiger partial charge in [0.2, 0.25) is 5.91 Å². The van der Waals surface area contributed by atoms with Crippen LogP contribution in [-0.2, 0) is 15.0 Å². The summed E-state index contributed by atoms with van der Waals surface area (Å²) in [4.78, 5) is 28.2. The highest BCUT2D eigenvalue weighted by molar-refractivity contribution is 5.79. The summed E-state index contributed by atoms with van der Waals surface area (Å²) in [5, 5.41) is 9.30. The van der Waals surface area contributed by atoms with E-state index in [-0.39, 0.29) is 29.2 Å². The van der Waals surface area contributed by atoms with E-state index >= 15 is 0 Å². The molecule has 148 valence electrons. The molecule has 2 saturated heterocycles. The lowest BCUT2D eigenvalue weighted by molar-refractivity contribution is -0.142. The number of hydrogen-bond donors (Lipinski definition) is 1. The molecule has 1 aromatic rings. The van der Waals surface area contributed by atoms with Crippen LogP contribution in [0.1, 0.15) is 57.7 Å². The Balaban J connectivity index is 1.66. The van der Waals surface area contributed by atoms with Crippen molar-refractivity contribution in [2.45, 2.75) is 52.0 Å². The van der Waals surface area contributed by atoms with Crippen LogP contribution in [0.2, 0.25) is 0 Å². The quantitative estimate of drug-likeness (QED) is 0.881. The average molecular weight is 373 g/mol. The maximum atomic E-state index is 12.9. The van der Waals surface area contributed by atoms with E-state index in [9.17, 15) is 14.7 Å². The Labute approximate surface area is 162 Å². The van der Waals surface area contributed by atoms with Crippen LogP contribution in [0.3, 0.4) is 0 Å². The van der Waals surface area contributed by atoms with Crippen LogP contribution in [0.5, 0.6) is 0 Å². The smallest absolute Gasteiger partial charge is 0.308 e. The van der Waals surface area contributed by atoms with Gasteiger partial charge < -0.3 is 10.0 Å². The summed E-state index contributed by atoms with van der Waals surface area (Å²) in [5.41, 5.74) is 2.62. The summed E-state index contributed by atoms with van der Waals surface area (Å²) in [7, 11) is 0. The largest absolute Gasteiger partial charge is 0.481 e. The molecule has 0 aromatic heterocycles. The summed E-state index contributed by atoms with van der Waals surface area (Å²) in [6.07, 6.45) is 2.01. The molecule has 3 rings (SSSR count). The number of amides is 1. The van der Waals surface area contributed by atoms with Crippen LogP contribution in [0.4, 0.5) is 0 Å². The van der Waals surface area contributed by atoms with Crippen molar-refractivity contribution in [3.63, 3.8) is 0 Å². The molecule has 3 atom stereocenters. The first-order chi connectivity index (χ1) is 12.7. The number of likely N-dealkylation sites (tertiary alicyclic amines) is 2. The molecule has 5 heteroatoms. The monoisotopic (exact) mass is 372 g/mol. The predicted molar refractivity (Wildman–Crippen MR) is 106 cm³/mol. The minimum Gasteiger partial charge on any atom is -0.481 e. The number of rotatable bonds is 4. The van der Waals surface area contributed by atoms with E-state index in [1.54, 1.807) is 0 Å². The first-order valence-electron chi connectivity index (χ1n) is 10.0. The first-order valence-corrected chi connectivity index (χ1v) is 10.0. The van der Waals surface area contributed by atoms with Crippen molar-refractivity contribution in [2.75, 3.05) is 26.2 Å². The molecule has 1 amide bonds. The molecule has 0 saturated carbocycles. The number of carbonyl (C=O) groups is 2. The van der Waals surface area contributed by atoms with Gasteiger partial charge in [0.25, 0.3) is 0 Å². The number of aliphatic carboxylic acids is 1. The van der Waals surface area contributed by atoms with Crippen LogP contribution < -0.4 is 0 Å². The van der Waals surface area contributed by atoms with Crippen molar-refractivity contribution in [3.8, 4) is 0 Å². The molecule has 2 aliphatic rings. The fraction of sp³-hybridized carbons (Fsp3) is 0.636. The highest BCUT2D eigenvalue weighted by atomic mass is 16.4. The summed E-state index contributed by atoms with van der Waals surface area (Å²) >= 11 is 0. The molecule has 1 unspecified atom stereocenters. The Morgan fingerprint density at radius 1 is 1.15 bits per heavy atom. The lowest BCUT2D eigenvalue weighted by atomic mass is 9.86. The van der Waals surface area contributed by atoms with E-state index in [0.717, 1.165) is 19.4 Å². The van der Waals surface area contributed by atoms with Crippen molar-refractivity contribution >= 4 is 11.9 Å². The fourth-order valence-electron chi connectivity index (χ4n) is 4.42. The Kier molecular flexibility index (Phi) is 5.61.